The number of furan rings is 1. The van der Waals surface area contributed by atoms with Crippen molar-refractivity contribution in [2.24, 2.45) is 4.99 Å². The summed E-state index contributed by atoms with van der Waals surface area (Å²) in [6.07, 6.45) is 2.70. The summed E-state index contributed by atoms with van der Waals surface area (Å²) in [6.45, 7) is 7.71. The third-order valence-corrected chi connectivity index (χ3v) is 5.75. The lowest BCUT2D eigenvalue weighted by molar-refractivity contribution is 0.0386. The summed E-state index contributed by atoms with van der Waals surface area (Å²) in [5.74, 6) is 0.883. The molecule has 1 unspecified atom stereocenters. The Morgan fingerprint density at radius 1 is 1.33 bits per heavy atom. The minimum absolute atomic E-state index is 0. The Hall–Kier alpha value is -0.810. The van der Waals surface area contributed by atoms with E-state index in [-0.39, 0.29) is 37.1 Å². The Morgan fingerprint density at radius 2 is 1.96 bits per heavy atom. The maximum atomic E-state index is 11.7. The van der Waals surface area contributed by atoms with Gasteiger partial charge in [0.15, 0.2) is 15.8 Å². The van der Waals surface area contributed by atoms with Gasteiger partial charge in [-0.2, -0.15) is 0 Å². The minimum Gasteiger partial charge on any atom is -0.466 e. The largest absolute Gasteiger partial charge is 0.466 e. The number of aliphatic imine (C=N–C) groups is 1. The highest BCUT2D eigenvalue weighted by Gasteiger charge is 2.30. The third-order valence-electron chi connectivity index (χ3n) is 3.62. The van der Waals surface area contributed by atoms with Gasteiger partial charge in [-0.3, -0.25) is 4.99 Å². The summed E-state index contributed by atoms with van der Waals surface area (Å²) in [5.41, 5.74) is -1.20. The molecule has 0 aliphatic heterocycles. The molecule has 1 aromatic heterocycles. The molecule has 0 saturated heterocycles. The molecule has 0 spiro atoms. The molecule has 0 bridgehead atoms. The van der Waals surface area contributed by atoms with Crippen LogP contribution in [0.5, 0.6) is 0 Å². The Bertz CT molecular complexity index is 625. The zero-order chi connectivity index (χ0) is 17.7. The van der Waals surface area contributed by atoms with Crippen LogP contribution < -0.4 is 10.6 Å². The molecule has 1 aromatic rings. The summed E-state index contributed by atoms with van der Waals surface area (Å²) in [5, 5.41) is 16.4. The molecule has 0 saturated carbocycles. The van der Waals surface area contributed by atoms with E-state index in [1.54, 1.807) is 32.9 Å². The number of rotatable bonds is 7. The number of halogens is 1. The third kappa shape index (κ3) is 6.60. The van der Waals surface area contributed by atoms with Crippen molar-refractivity contribution in [3.05, 3.63) is 24.2 Å². The number of hydrogen-bond donors (Lipinski definition) is 3. The van der Waals surface area contributed by atoms with E-state index < -0.39 is 20.2 Å². The highest BCUT2D eigenvalue weighted by atomic mass is 127. The lowest BCUT2D eigenvalue weighted by Gasteiger charge is -2.24. The Morgan fingerprint density at radius 3 is 2.42 bits per heavy atom. The molecule has 9 heteroatoms. The van der Waals surface area contributed by atoms with Crippen LogP contribution in [0.25, 0.3) is 0 Å². The molecule has 1 heterocycles. The number of nitrogens with one attached hydrogen (secondary N) is 2. The van der Waals surface area contributed by atoms with Gasteiger partial charge in [0.25, 0.3) is 0 Å². The van der Waals surface area contributed by atoms with Crippen molar-refractivity contribution in [3.8, 4) is 0 Å². The lowest BCUT2D eigenvalue weighted by atomic mass is 10.0. The van der Waals surface area contributed by atoms with Crippen LogP contribution in [-0.2, 0) is 15.4 Å². The van der Waals surface area contributed by atoms with Crippen LogP contribution in [-0.4, -0.2) is 50.1 Å². The van der Waals surface area contributed by atoms with Crippen LogP contribution >= 0.6 is 24.0 Å². The zero-order valence-corrected chi connectivity index (χ0v) is 17.9. The van der Waals surface area contributed by atoms with Crippen molar-refractivity contribution in [1.29, 1.82) is 0 Å². The van der Waals surface area contributed by atoms with E-state index in [9.17, 15) is 13.5 Å². The van der Waals surface area contributed by atoms with Gasteiger partial charge in [0.2, 0.25) is 0 Å². The summed E-state index contributed by atoms with van der Waals surface area (Å²) in [7, 11) is -3.22. The zero-order valence-electron chi connectivity index (χ0n) is 14.8. The molecule has 0 aromatic carbocycles. The standard InChI is InChI=1S/C15H27N3O4S.HI/c1-6-16-13(17-10-14(2,3)23(5,20)21)18-11-15(4,19)12-8-7-9-22-12;/h7-9,19H,6,10-11H2,1-5H3,(H2,16,17,18);1H. The number of guanidine groups is 1. The smallest absolute Gasteiger partial charge is 0.191 e. The fourth-order valence-electron chi connectivity index (χ4n) is 1.66. The number of aliphatic hydroxyl groups is 1. The van der Waals surface area contributed by atoms with Gasteiger partial charge in [-0.15, -0.1) is 24.0 Å². The molecule has 140 valence electrons. The molecule has 0 aliphatic rings. The molecule has 7 nitrogen and oxygen atoms in total. The molecule has 24 heavy (non-hydrogen) atoms. The van der Waals surface area contributed by atoms with E-state index in [1.165, 1.54) is 12.5 Å². The Kier molecular flexibility index (Phi) is 8.74. The summed E-state index contributed by atoms with van der Waals surface area (Å²) in [4.78, 5) is 4.31. The van der Waals surface area contributed by atoms with Crippen molar-refractivity contribution < 1.29 is 17.9 Å². The highest BCUT2D eigenvalue weighted by molar-refractivity contribution is 14.0. The normalized spacial score (nSPS) is 15.3. The average Bonchev–Trinajstić information content (AvgIpc) is 2.95. The molecule has 0 fully saturated rings. The molecule has 0 radical (unpaired) electrons. The summed E-state index contributed by atoms with van der Waals surface area (Å²) in [6, 6.07) is 3.40. The first-order chi connectivity index (χ1) is 10.5. The van der Waals surface area contributed by atoms with E-state index in [1.807, 2.05) is 6.92 Å². The second-order valence-corrected chi connectivity index (χ2v) is 8.98. The molecule has 0 aliphatic carbocycles. The fraction of sp³-hybridized carbons (Fsp3) is 0.667. The number of hydrogen-bond acceptors (Lipinski definition) is 5. The molecular weight excluding hydrogens is 445 g/mol. The van der Waals surface area contributed by atoms with E-state index in [0.717, 1.165) is 0 Å². The highest BCUT2D eigenvalue weighted by Crippen LogP contribution is 2.19. The van der Waals surface area contributed by atoms with Gasteiger partial charge in [-0.1, -0.05) is 0 Å². The fourth-order valence-corrected chi connectivity index (χ4v) is 1.96. The van der Waals surface area contributed by atoms with Crippen molar-refractivity contribution in [3.63, 3.8) is 0 Å². The van der Waals surface area contributed by atoms with Crippen LogP contribution in [0.2, 0.25) is 0 Å². The van der Waals surface area contributed by atoms with Gasteiger partial charge < -0.3 is 20.2 Å². The lowest BCUT2D eigenvalue weighted by Crippen LogP contribution is -2.45. The number of sulfone groups is 1. The topological polar surface area (TPSA) is 104 Å². The van der Waals surface area contributed by atoms with Crippen molar-refractivity contribution in [1.82, 2.24) is 10.6 Å². The first-order valence-electron chi connectivity index (χ1n) is 7.48. The van der Waals surface area contributed by atoms with Crippen LogP contribution in [0.1, 0.15) is 33.5 Å². The summed E-state index contributed by atoms with van der Waals surface area (Å²) >= 11 is 0. The second-order valence-electron chi connectivity index (χ2n) is 6.33. The van der Waals surface area contributed by atoms with Gasteiger partial charge in [0.1, 0.15) is 11.4 Å². The maximum absolute atomic E-state index is 11.7. The Balaban J connectivity index is 0.00000529. The van der Waals surface area contributed by atoms with Crippen LogP contribution in [0.15, 0.2) is 27.8 Å². The van der Waals surface area contributed by atoms with Crippen LogP contribution in [0, 0.1) is 0 Å². The second kappa shape index (κ2) is 9.04. The minimum atomic E-state index is -3.22. The van der Waals surface area contributed by atoms with Crippen LogP contribution in [0.4, 0.5) is 0 Å². The molecule has 3 N–H and O–H groups in total. The summed E-state index contributed by atoms with van der Waals surface area (Å²) < 4.78 is 27.7. The van der Waals surface area contributed by atoms with Crippen molar-refractivity contribution in [2.45, 2.75) is 38.0 Å². The molecule has 0 amide bonds. The predicted octanol–water partition coefficient (Wildman–Crippen LogP) is 1.48. The SMILES string of the molecule is CCNC(=NCC(C)(C)S(C)(=O)=O)NCC(C)(O)c1ccco1.I. The van der Waals surface area contributed by atoms with Crippen LogP contribution in [0.3, 0.4) is 0 Å². The molecule has 1 rings (SSSR count). The van der Waals surface area contributed by atoms with Crippen molar-refractivity contribution in [2.75, 3.05) is 25.9 Å². The molecular formula is C15H28IN3O4S. The quantitative estimate of drug-likeness (QED) is 0.315. The monoisotopic (exact) mass is 473 g/mol. The average molecular weight is 473 g/mol. The molecule has 1 atom stereocenters. The van der Waals surface area contributed by atoms with Gasteiger partial charge in [0.05, 0.1) is 24.1 Å². The van der Waals surface area contributed by atoms with E-state index >= 15 is 0 Å². The first-order valence-corrected chi connectivity index (χ1v) is 9.37. The van der Waals surface area contributed by atoms with Gasteiger partial charge in [-0.05, 0) is 39.8 Å². The maximum Gasteiger partial charge on any atom is 0.191 e. The predicted molar refractivity (Wildman–Crippen MR) is 107 cm³/mol. The van der Waals surface area contributed by atoms with E-state index in [2.05, 4.69) is 15.6 Å². The number of nitrogens with zero attached hydrogens (tertiary/aromatic N) is 1. The Labute approximate surface area is 161 Å². The van der Waals surface area contributed by atoms with Crippen molar-refractivity contribution >= 4 is 39.8 Å². The van der Waals surface area contributed by atoms with Gasteiger partial charge in [0, 0.05) is 12.8 Å². The first kappa shape index (κ1) is 23.2. The van der Waals surface area contributed by atoms with E-state index in [4.69, 9.17) is 4.42 Å². The van der Waals surface area contributed by atoms with E-state index in [0.29, 0.717) is 18.3 Å². The van der Waals surface area contributed by atoms with Gasteiger partial charge >= 0.3 is 0 Å². The van der Waals surface area contributed by atoms with Gasteiger partial charge in [-0.25, -0.2) is 8.42 Å².